The summed E-state index contributed by atoms with van der Waals surface area (Å²) in [5.74, 6) is 0.888. The van der Waals surface area contributed by atoms with E-state index in [2.05, 4.69) is 194 Å². The number of hydrogen-bond donors (Lipinski definition) is 0. The molecule has 2 aromatic heterocycles. The van der Waals surface area contributed by atoms with E-state index in [0.717, 1.165) is 39.0 Å². The van der Waals surface area contributed by atoms with Gasteiger partial charge >= 0.3 is 0 Å². The Balaban J connectivity index is 1.08. The van der Waals surface area contributed by atoms with E-state index in [0.29, 0.717) is 0 Å². The van der Waals surface area contributed by atoms with Gasteiger partial charge in [0.05, 0.1) is 0 Å². The van der Waals surface area contributed by atoms with Crippen molar-refractivity contribution >= 4 is 64.0 Å². The predicted molar refractivity (Wildman–Crippen MR) is 231 cm³/mol. The topological polar surface area (TPSA) is 13.1 Å². The fraction of sp³-hybridized carbons (Fsp3) is 0. The molecule has 252 valence electrons. The highest BCUT2D eigenvalue weighted by atomic mass is 32.1. The molecule has 11 rings (SSSR count). The molecule has 2 heterocycles. The Labute approximate surface area is 317 Å². The van der Waals surface area contributed by atoms with Crippen molar-refractivity contribution in [1.82, 2.24) is 0 Å². The number of thiophene rings is 1. The van der Waals surface area contributed by atoms with Gasteiger partial charge < -0.3 is 4.42 Å². The Morgan fingerprint density at radius 3 is 1.43 bits per heavy atom. The Bertz CT molecular complexity index is 3130. The summed E-state index contributed by atoms with van der Waals surface area (Å²) in [5, 5.41) is 8.74. The average Bonchev–Trinajstić information content (AvgIpc) is 3.82. The first kappa shape index (κ1) is 30.8. The number of furan rings is 1. The predicted octanol–water partition coefficient (Wildman–Crippen LogP) is 15.4. The fourth-order valence-corrected chi connectivity index (χ4v) is 9.72. The second-order valence-electron chi connectivity index (χ2n) is 13.9. The molecule has 11 aromatic rings. The number of rotatable bonds is 5. The van der Waals surface area contributed by atoms with Crippen LogP contribution in [0.2, 0.25) is 0 Å². The van der Waals surface area contributed by atoms with Crippen LogP contribution in [0.5, 0.6) is 0 Å². The molecule has 0 saturated carbocycles. The molecule has 0 bridgehead atoms. The van der Waals surface area contributed by atoms with Gasteiger partial charge in [0.25, 0.3) is 0 Å². The Kier molecular flexibility index (Phi) is 7.11. The van der Waals surface area contributed by atoms with Crippen LogP contribution in [0.15, 0.2) is 199 Å². The Morgan fingerprint density at radius 1 is 0.315 bits per heavy atom. The van der Waals surface area contributed by atoms with Crippen LogP contribution in [-0.4, -0.2) is 0 Å². The molecule has 0 fully saturated rings. The lowest BCUT2D eigenvalue weighted by Gasteiger charge is -2.18. The van der Waals surface area contributed by atoms with Gasteiger partial charge in [-0.2, -0.15) is 0 Å². The molecule has 0 spiro atoms. The molecule has 0 aliphatic heterocycles. The molecule has 2 heteroatoms. The molecule has 0 radical (unpaired) electrons. The van der Waals surface area contributed by atoms with Gasteiger partial charge in [-0.15, -0.1) is 11.3 Å². The van der Waals surface area contributed by atoms with Gasteiger partial charge in [-0.05, 0) is 78.7 Å². The van der Waals surface area contributed by atoms with Crippen LogP contribution < -0.4 is 0 Å². The van der Waals surface area contributed by atoms with Gasteiger partial charge in [0.1, 0.15) is 11.3 Å². The first-order valence-electron chi connectivity index (χ1n) is 18.4. The maximum atomic E-state index is 6.86. The zero-order valence-corrected chi connectivity index (χ0v) is 30.1. The molecule has 0 aliphatic rings. The Hall–Kier alpha value is -6.74. The molecule has 0 atom stereocenters. The van der Waals surface area contributed by atoms with Crippen LogP contribution in [0.4, 0.5) is 0 Å². The van der Waals surface area contributed by atoms with E-state index in [1.54, 1.807) is 0 Å². The van der Waals surface area contributed by atoms with Crippen molar-refractivity contribution in [3.8, 4) is 55.8 Å². The summed E-state index contributed by atoms with van der Waals surface area (Å²) in [6.07, 6.45) is 0. The summed E-state index contributed by atoms with van der Waals surface area (Å²) in [6.45, 7) is 0. The van der Waals surface area contributed by atoms with E-state index >= 15 is 0 Å². The largest absolute Gasteiger partial charge is 0.455 e. The highest BCUT2D eigenvalue weighted by molar-refractivity contribution is 7.26. The minimum atomic E-state index is 0.886. The summed E-state index contributed by atoms with van der Waals surface area (Å²) in [6, 6.07) is 70.1. The van der Waals surface area contributed by atoms with E-state index < -0.39 is 0 Å². The van der Waals surface area contributed by atoms with Gasteiger partial charge in [-0.1, -0.05) is 176 Å². The quantitative estimate of drug-likeness (QED) is 0.163. The third-order valence-corrected chi connectivity index (χ3v) is 12.1. The van der Waals surface area contributed by atoms with Gasteiger partial charge in [-0.25, -0.2) is 0 Å². The molecule has 54 heavy (non-hydrogen) atoms. The first-order chi connectivity index (χ1) is 26.8. The second-order valence-corrected chi connectivity index (χ2v) is 15.0. The standard InChI is InChI=1S/C52H32OS/c1-3-14-33(15-4-1)48-40-19-7-9-21-42(40)49(43-22-10-8-20-41(43)48)34-26-28-35(29-27-34)50-45-31-30-37(32-46(45)53-51(50)36-16-5-2-6-17-36)38-23-13-24-44-39-18-11-12-25-47(39)54-52(38)44/h1-32H. The van der Waals surface area contributed by atoms with Crippen LogP contribution in [0, 0.1) is 0 Å². The van der Waals surface area contributed by atoms with Gasteiger partial charge in [0.15, 0.2) is 0 Å². The van der Waals surface area contributed by atoms with Crippen molar-refractivity contribution in [3.63, 3.8) is 0 Å². The maximum Gasteiger partial charge on any atom is 0.143 e. The van der Waals surface area contributed by atoms with Crippen molar-refractivity contribution in [2.75, 3.05) is 0 Å². The molecule has 9 aromatic carbocycles. The molecule has 0 saturated heterocycles. The van der Waals surface area contributed by atoms with Gasteiger partial charge in [0, 0.05) is 36.7 Å². The fourth-order valence-electron chi connectivity index (χ4n) is 8.48. The van der Waals surface area contributed by atoms with Crippen LogP contribution in [0.1, 0.15) is 0 Å². The molecule has 0 amide bonds. The average molecular weight is 705 g/mol. The summed E-state index contributed by atoms with van der Waals surface area (Å²) in [7, 11) is 0. The van der Waals surface area contributed by atoms with E-state index in [-0.39, 0.29) is 0 Å². The molecular weight excluding hydrogens is 673 g/mol. The molecule has 0 unspecified atom stereocenters. The van der Waals surface area contributed by atoms with Crippen LogP contribution in [0.25, 0.3) is 109 Å². The summed E-state index contributed by atoms with van der Waals surface area (Å²) < 4.78 is 9.48. The first-order valence-corrected chi connectivity index (χ1v) is 19.2. The number of benzene rings is 9. The van der Waals surface area contributed by atoms with Crippen molar-refractivity contribution in [3.05, 3.63) is 194 Å². The van der Waals surface area contributed by atoms with E-state index in [1.165, 1.54) is 69.5 Å². The zero-order valence-electron chi connectivity index (χ0n) is 29.3. The van der Waals surface area contributed by atoms with E-state index in [1.807, 2.05) is 11.3 Å². The summed E-state index contributed by atoms with van der Waals surface area (Å²) >= 11 is 1.86. The smallest absolute Gasteiger partial charge is 0.143 e. The van der Waals surface area contributed by atoms with Crippen molar-refractivity contribution in [2.24, 2.45) is 0 Å². The van der Waals surface area contributed by atoms with Crippen LogP contribution >= 0.6 is 11.3 Å². The van der Waals surface area contributed by atoms with Crippen molar-refractivity contribution < 1.29 is 4.42 Å². The molecule has 1 nitrogen and oxygen atoms in total. The lowest BCUT2D eigenvalue weighted by atomic mass is 9.85. The van der Waals surface area contributed by atoms with Crippen molar-refractivity contribution in [1.29, 1.82) is 0 Å². The molecular formula is C52H32OS. The minimum absolute atomic E-state index is 0.886. The van der Waals surface area contributed by atoms with Gasteiger partial charge in [0.2, 0.25) is 0 Å². The van der Waals surface area contributed by atoms with Crippen molar-refractivity contribution in [2.45, 2.75) is 0 Å². The second kappa shape index (κ2) is 12.4. The monoisotopic (exact) mass is 704 g/mol. The van der Waals surface area contributed by atoms with E-state index in [4.69, 9.17) is 4.42 Å². The lowest BCUT2D eigenvalue weighted by molar-refractivity contribution is 0.632. The zero-order chi connectivity index (χ0) is 35.6. The Morgan fingerprint density at radius 2 is 0.796 bits per heavy atom. The SMILES string of the molecule is c1ccc(-c2oc3cc(-c4cccc5c4sc4ccccc45)ccc3c2-c2ccc(-c3c4ccccc4c(-c4ccccc4)c4ccccc34)cc2)cc1. The highest BCUT2D eigenvalue weighted by Crippen LogP contribution is 2.47. The minimum Gasteiger partial charge on any atom is -0.455 e. The normalized spacial score (nSPS) is 11.7. The van der Waals surface area contributed by atoms with Crippen LogP contribution in [0.3, 0.4) is 0 Å². The molecule has 0 N–H and O–H groups in total. The maximum absolute atomic E-state index is 6.86. The van der Waals surface area contributed by atoms with Crippen LogP contribution in [-0.2, 0) is 0 Å². The third-order valence-electron chi connectivity index (χ3n) is 10.9. The molecule has 0 aliphatic carbocycles. The highest BCUT2D eigenvalue weighted by Gasteiger charge is 2.21. The summed E-state index contributed by atoms with van der Waals surface area (Å²) in [5.41, 5.74) is 11.6. The summed E-state index contributed by atoms with van der Waals surface area (Å²) in [4.78, 5) is 0. The third kappa shape index (κ3) is 4.85. The number of fused-ring (bicyclic) bond motifs is 6. The lowest BCUT2D eigenvalue weighted by Crippen LogP contribution is -1.90. The van der Waals surface area contributed by atoms with Gasteiger partial charge in [-0.3, -0.25) is 0 Å². The number of hydrogen-bond acceptors (Lipinski definition) is 2. The van der Waals surface area contributed by atoms with E-state index in [9.17, 15) is 0 Å².